The van der Waals surface area contributed by atoms with Gasteiger partial charge in [0.2, 0.25) is 11.8 Å². The Morgan fingerprint density at radius 1 is 0.922 bits per heavy atom. The highest BCUT2D eigenvalue weighted by Gasteiger charge is 2.41. The predicted octanol–water partition coefficient (Wildman–Crippen LogP) is 5.28. The summed E-state index contributed by atoms with van der Waals surface area (Å²) in [6.07, 6.45) is 3.77. The zero-order valence-electron chi connectivity index (χ0n) is 29.9. The van der Waals surface area contributed by atoms with Crippen LogP contribution >= 0.6 is 31.9 Å². The molecule has 4 amide bonds. The Morgan fingerprint density at radius 2 is 1.59 bits per heavy atom. The van der Waals surface area contributed by atoms with E-state index in [0.717, 1.165) is 57.3 Å². The Balaban J connectivity index is 1.15. The average Bonchev–Trinajstić information content (AvgIpc) is 3.13. The smallest absolute Gasteiger partial charge is 0.325 e. The quantitative estimate of drug-likeness (QED) is 0.344. The molecule has 4 aliphatic heterocycles. The number of piperidine rings is 2. The second-order valence-electron chi connectivity index (χ2n) is 14.4. The normalized spacial score (nSPS) is 21.6. The fourth-order valence-corrected chi connectivity index (χ4v) is 9.38. The molecule has 0 spiro atoms. The minimum absolute atomic E-state index is 0.0303. The van der Waals surface area contributed by atoms with Crippen LogP contribution in [0, 0.1) is 12.8 Å². The zero-order valence-corrected chi connectivity index (χ0v) is 33.1. The molecule has 2 atom stereocenters. The molecule has 4 heterocycles. The fourth-order valence-electron chi connectivity index (χ4n) is 8.10. The number of ether oxygens (including phenoxy) is 1. The first-order valence-electron chi connectivity index (χ1n) is 18.3. The van der Waals surface area contributed by atoms with E-state index in [1.54, 1.807) is 4.90 Å². The van der Waals surface area contributed by atoms with Gasteiger partial charge in [0.05, 0.1) is 12.5 Å². The fraction of sp³-hybridized carbons (Fsp3) is 0.579. The van der Waals surface area contributed by atoms with Crippen LogP contribution in [0.1, 0.15) is 55.7 Å². The van der Waals surface area contributed by atoms with E-state index in [0.29, 0.717) is 52.0 Å². The van der Waals surface area contributed by atoms with E-state index in [9.17, 15) is 19.2 Å². The van der Waals surface area contributed by atoms with Gasteiger partial charge in [0.1, 0.15) is 6.04 Å². The van der Waals surface area contributed by atoms with Crippen LogP contribution in [0.2, 0.25) is 0 Å². The van der Waals surface area contributed by atoms with Crippen LogP contribution in [0.15, 0.2) is 45.3 Å². The number of nitrogens with zero attached hydrogens (tertiary/aromatic N) is 5. The molecule has 2 aromatic carbocycles. The summed E-state index contributed by atoms with van der Waals surface area (Å²) >= 11 is 7.32. The van der Waals surface area contributed by atoms with Gasteiger partial charge in [-0.05, 0) is 101 Å². The van der Waals surface area contributed by atoms with Crippen LogP contribution < -0.4 is 5.32 Å². The highest BCUT2D eigenvalue weighted by molar-refractivity contribution is 9.11. The highest BCUT2D eigenvalue weighted by atomic mass is 79.9. The van der Waals surface area contributed by atoms with E-state index in [-0.39, 0.29) is 55.5 Å². The molecule has 2 unspecified atom stereocenters. The van der Waals surface area contributed by atoms with Gasteiger partial charge in [-0.15, -0.1) is 0 Å². The lowest BCUT2D eigenvalue weighted by atomic mass is 9.92. The number of fused-ring (bicyclic) bond motifs is 1. The van der Waals surface area contributed by atoms with E-state index in [1.165, 1.54) is 0 Å². The summed E-state index contributed by atoms with van der Waals surface area (Å²) in [7, 11) is 2.12. The Bertz CT molecular complexity index is 1590. The van der Waals surface area contributed by atoms with Gasteiger partial charge in [0, 0.05) is 72.4 Å². The summed E-state index contributed by atoms with van der Waals surface area (Å²) in [4.78, 5) is 64.9. The molecule has 51 heavy (non-hydrogen) atoms. The largest absolute Gasteiger partial charge is 0.465 e. The summed E-state index contributed by atoms with van der Waals surface area (Å²) in [5.41, 5.74) is 3.96. The maximum atomic E-state index is 14.5. The Hall–Kier alpha value is -3.00. The molecule has 13 heteroatoms. The first-order valence-corrected chi connectivity index (χ1v) is 19.9. The third kappa shape index (κ3) is 8.80. The highest BCUT2D eigenvalue weighted by Crippen LogP contribution is 2.31. The van der Waals surface area contributed by atoms with Crippen molar-refractivity contribution in [3.8, 4) is 0 Å². The molecule has 0 aliphatic carbocycles. The molecule has 4 aliphatic rings. The summed E-state index contributed by atoms with van der Waals surface area (Å²) in [6.45, 7) is 9.00. The number of nitrogens with one attached hydrogen (secondary N) is 1. The first kappa shape index (κ1) is 37.7. The summed E-state index contributed by atoms with van der Waals surface area (Å²) in [5, 5.41) is 3.01. The number of anilines is 1. The Morgan fingerprint density at radius 3 is 2.27 bits per heavy atom. The maximum Gasteiger partial charge on any atom is 0.325 e. The number of piperazine rings is 1. The van der Waals surface area contributed by atoms with E-state index < -0.39 is 12.0 Å². The van der Waals surface area contributed by atoms with Crippen LogP contribution in [0.5, 0.6) is 0 Å². The molecular formula is C38H50Br2N6O5. The zero-order chi connectivity index (χ0) is 36.2. The van der Waals surface area contributed by atoms with E-state index in [1.807, 2.05) is 60.0 Å². The van der Waals surface area contributed by atoms with Crippen molar-refractivity contribution >= 4 is 61.4 Å². The van der Waals surface area contributed by atoms with Gasteiger partial charge in [-0.2, -0.15) is 0 Å². The average molecular weight is 831 g/mol. The lowest BCUT2D eigenvalue weighted by molar-refractivity contribution is -0.157. The van der Waals surface area contributed by atoms with Crippen molar-refractivity contribution in [1.82, 2.24) is 24.5 Å². The van der Waals surface area contributed by atoms with Gasteiger partial charge in [-0.1, -0.05) is 50.1 Å². The first-order chi connectivity index (χ1) is 24.5. The van der Waals surface area contributed by atoms with E-state index in [2.05, 4.69) is 54.0 Å². The van der Waals surface area contributed by atoms with Crippen LogP contribution in [0.4, 0.5) is 10.5 Å². The van der Waals surface area contributed by atoms with Gasteiger partial charge in [0.25, 0.3) is 0 Å². The molecule has 11 nitrogen and oxygen atoms in total. The summed E-state index contributed by atoms with van der Waals surface area (Å²) < 4.78 is 7.41. The van der Waals surface area contributed by atoms with Gasteiger partial charge >= 0.3 is 12.0 Å². The van der Waals surface area contributed by atoms with Crippen molar-refractivity contribution in [2.75, 3.05) is 64.8 Å². The number of para-hydroxylation sites is 1. The number of urea groups is 1. The molecule has 1 N–H and O–H groups in total. The van der Waals surface area contributed by atoms with E-state index >= 15 is 0 Å². The number of esters is 1. The van der Waals surface area contributed by atoms with Crippen molar-refractivity contribution in [3.05, 3.63) is 62.0 Å². The number of likely N-dealkylation sites (tertiary alicyclic amines) is 2. The number of rotatable bonds is 9. The van der Waals surface area contributed by atoms with Crippen LogP contribution in [0.25, 0.3) is 0 Å². The minimum atomic E-state index is -0.598. The lowest BCUT2D eigenvalue weighted by Crippen LogP contribution is -2.62. The molecule has 0 saturated carbocycles. The molecule has 0 bridgehead atoms. The molecule has 0 radical (unpaired) electrons. The predicted molar refractivity (Wildman–Crippen MR) is 203 cm³/mol. The van der Waals surface area contributed by atoms with Gasteiger partial charge < -0.3 is 29.7 Å². The van der Waals surface area contributed by atoms with Gasteiger partial charge in [-0.25, -0.2) is 4.79 Å². The Kier molecular flexibility index (Phi) is 12.4. The second kappa shape index (κ2) is 16.8. The van der Waals surface area contributed by atoms with Crippen molar-refractivity contribution in [2.24, 2.45) is 5.92 Å². The van der Waals surface area contributed by atoms with Crippen molar-refractivity contribution in [3.63, 3.8) is 0 Å². The summed E-state index contributed by atoms with van der Waals surface area (Å²) in [5.74, 6) is -1.05. The summed E-state index contributed by atoms with van der Waals surface area (Å²) in [6, 6.07) is 11.6. The second-order valence-corrected chi connectivity index (χ2v) is 16.1. The number of carbonyl (C=O) groups excluding carboxylic acids is 4. The minimum Gasteiger partial charge on any atom is -0.465 e. The van der Waals surface area contributed by atoms with Crippen molar-refractivity contribution in [2.45, 2.75) is 77.0 Å². The van der Waals surface area contributed by atoms with Crippen LogP contribution in [0.3, 0.4) is 0 Å². The number of hydrogen-bond donors (Lipinski definition) is 1. The standard InChI is InChI=1S/C38H50Br2N6O5/c1-4-51-37(49)34-24-44(17-18-45(34)29-9-13-42(3)14-10-29)36(48)28(19-26-20-31(39)25(2)32(40)21-26)22-35(47)43-15-11-30(12-16-43)46-23-27-7-5-6-8-33(27)41-38(46)50/h5-8,20-21,28-30,34H,4,9-19,22-24H2,1-3H3,(H,41,50). The third-order valence-corrected chi connectivity index (χ3v) is 12.8. The topological polar surface area (TPSA) is 106 Å². The number of halogens is 2. The number of carbonyl (C=O) groups is 4. The molecule has 3 saturated heterocycles. The molecule has 2 aromatic rings. The van der Waals surface area contributed by atoms with E-state index in [4.69, 9.17) is 4.74 Å². The molecule has 6 rings (SSSR count). The molecular weight excluding hydrogens is 780 g/mol. The maximum absolute atomic E-state index is 14.5. The van der Waals surface area contributed by atoms with Crippen LogP contribution in [-0.2, 0) is 32.1 Å². The lowest BCUT2D eigenvalue weighted by Gasteiger charge is -2.46. The molecule has 276 valence electrons. The van der Waals surface area contributed by atoms with Crippen molar-refractivity contribution in [1.29, 1.82) is 0 Å². The monoisotopic (exact) mass is 828 g/mol. The number of hydrogen-bond acceptors (Lipinski definition) is 7. The number of amides is 4. The third-order valence-electron chi connectivity index (χ3n) is 11.2. The molecule has 3 fully saturated rings. The van der Waals surface area contributed by atoms with Crippen molar-refractivity contribution < 1.29 is 23.9 Å². The van der Waals surface area contributed by atoms with Crippen LogP contribution in [-0.4, -0.2) is 126 Å². The molecule has 0 aromatic heterocycles. The number of benzene rings is 2. The van der Waals surface area contributed by atoms with Gasteiger partial charge in [0.15, 0.2) is 0 Å². The SMILES string of the molecule is CCOC(=O)C1CN(C(=O)C(CC(=O)N2CCC(N3Cc4ccccc4NC3=O)CC2)Cc2cc(Br)c(C)c(Br)c2)CCN1C1CCN(C)CC1. The Labute approximate surface area is 318 Å². The van der Waals surface area contributed by atoms with Gasteiger partial charge in [-0.3, -0.25) is 19.3 Å².